The molecule has 10 heteroatoms. The van der Waals surface area contributed by atoms with E-state index in [1.165, 1.54) is 18.3 Å². The summed E-state index contributed by atoms with van der Waals surface area (Å²) >= 11 is 6.42. The van der Waals surface area contributed by atoms with Crippen molar-refractivity contribution in [1.29, 1.82) is 0 Å². The van der Waals surface area contributed by atoms with E-state index in [-0.39, 0.29) is 0 Å². The van der Waals surface area contributed by atoms with Crippen molar-refractivity contribution in [3.63, 3.8) is 0 Å². The Hall–Kier alpha value is -2.78. The van der Waals surface area contributed by atoms with Gasteiger partial charge in [0.1, 0.15) is 11.4 Å². The molecule has 0 N–H and O–H groups in total. The van der Waals surface area contributed by atoms with Gasteiger partial charge in [-0.05, 0) is 43.9 Å². The minimum absolute atomic E-state index is 0.371. The van der Waals surface area contributed by atoms with Gasteiger partial charge in [-0.1, -0.05) is 23.7 Å². The van der Waals surface area contributed by atoms with E-state index in [4.69, 9.17) is 16.6 Å². The molecule has 2 aromatic heterocycles. The molecule has 4 heterocycles. The van der Waals surface area contributed by atoms with E-state index in [1.807, 2.05) is 0 Å². The predicted molar refractivity (Wildman–Crippen MR) is 124 cm³/mol. The lowest BCUT2D eigenvalue weighted by Gasteiger charge is -2.24. The fraction of sp³-hybridized carbons (Fsp3) is 0.417. The summed E-state index contributed by atoms with van der Waals surface area (Å²) in [5.41, 5.74) is 1.20. The van der Waals surface area contributed by atoms with E-state index in [0.29, 0.717) is 51.4 Å². The standard InChI is InChI=1S/C24H24ClF3N6/c1-14(2)33-10-16-12-34(13-17(16)11-33)23-30-22(19-7-8-29-9-20(19)25)21(31-32-23)15-3-5-18(6-4-15)24(26,27)28/h3-9,14,16-17H,10-13H2,1-2H3. The molecule has 0 bridgehead atoms. The average molecular weight is 489 g/mol. The minimum Gasteiger partial charge on any atom is -0.339 e. The number of anilines is 1. The molecule has 2 saturated heterocycles. The van der Waals surface area contributed by atoms with Crippen molar-refractivity contribution in [2.45, 2.75) is 26.1 Å². The lowest BCUT2D eigenvalue weighted by molar-refractivity contribution is -0.137. The Kier molecular flexibility index (Phi) is 5.93. The topological polar surface area (TPSA) is 58.0 Å². The number of hydrogen-bond acceptors (Lipinski definition) is 6. The van der Waals surface area contributed by atoms with Crippen LogP contribution in [0.3, 0.4) is 0 Å². The van der Waals surface area contributed by atoms with Gasteiger partial charge in [0.2, 0.25) is 5.95 Å². The number of benzene rings is 1. The first kappa shape index (κ1) is 23.0. The number of nitrogens with zero attached hydrogens (tertiary/aromatic N) is 6. The molecular weight excluding hydrogens is 465 g/mol. The Morgan fingerprint density at radius 2 is 1.62 bits per heavy atom. The number of aromatic nitrogens is 4. The van der Waals surface area contributed by atoms with Crippen LogP contribution in [0.4, 0.5) is 19.1 Å². The van der Waals surface area contributed by atoms with Crippen LogP contribution in [-0.2, 0) is 6.18 Å². The lowest BCUT2D eigenvalue weighted by atomic mass is 10.0. The number of pyridine rings is 1. The molecule has 0 radical (unpaired) electrons. The van der Waals surface area contributed by atoms with Crippen molar-refractivity contribution >= 4 is 17.5 Å². The second kappa shape index (κ2) is 8.78. The largest absolute Gasteiger partial charge is 0.416 e. The molecular formula is C24H24ClF3N6. The van der Waals surface area contributed by atoms with E-state index >= 15 is 0 Å². The van der Waals surface area contributed by atoms with Crippen molar-refractivity contribution in [1.82, 2.24) is 25.1 Å². The molecule has 34 heavy (non-hydrogen) atoms. The zero-order valence-corrected chi connectivity index (χ0v) is 19.6. The van der Waals surface area contributed by atoms with Crippen LogP contribution in [0.25, 0.3) is 22.5 Å². The van der Waals surface area contributed by atoms with Gasteiger partial charge in [-0.25, -0.2) is 4.98 Å². The molecule has 178 valence electrons. The number of likely N-dealkylation sites (tertiary alicyclic amines) is 1. The molecule has 6 nitrogen and oxygen atoms in total. The number of hydrogen-bond donors (Lipinski definition) is 0. The molecule has 0 saturated carbocycles. The molecule has 0 amide bonds. The third-order valence-corrected chi connectivity index (χ3v) is 7.02. The Labute approximate surface area is 200 Å². The monoisotopic (exact) mass is 488 g/mol. The fourth-order valence-electron chi connectivity index (χ4n) is 4.83. The fourth-order valence-corrected chi connectivity index (χ4v) is 5.04. The van der Waals surface area contributed by atoms with Gasteiger partial charge in [0.15, 0.2) is 0 Å². The summed E-state index contributed by atoms with van der Waals surface area (Å²) in [7, 11) is 0. The van der Waals surface area contributed by atoms with Crippen molar-refractivity contribution in [2.75, 3.05) is 31.1 Å². The van der Waals surface area contributed by atoms with Crippen molar-refractivity contribution in [2.24, 2.45) is 11.8 Å². The normalized spacial score (nSPS) is 20.9. The van der Waals surface area contributed by atoms with Gasteiger partial charge in [0, 0.05) is 55.7 Å². The third kappa shape index (κ3) is 4.34. The van der Waals surface area contributed by atoms with Crippen molar-refractivity contribution in [3.05, 3.63) is 53.3 Å². The van der Waals surface area contributed by atoms with Gasteiger partial charge in [-0.15, -0.1) is 10.2 Å². The summed E-state index contributed by atoms with van der Waals surface area (Å²) in [5, 5.41) is 9.17. The van der Waals surface area contributed by atoms with Crippen LogP contribution in [-0.4, -0.2) is 57.3 Å². The van der Waals surface area contributed by atoms with Gasteiger partial charge in [0.25, 0.3) is 0 Å². The third-order valence-electron chi connectivity index (χ3n) is 6.72. The lowest BCUT2D eigenvalue weighted by Crippen LogP contribution is -2.33. The maximum Gasteiger partial charge on any atom is 0.416 e. The molecule has 2 fully saturated rings. The predicted octanol–water partition coefficient (Wildman–Crippen LogP) is 5.05. The zero-order valence-electron chi connectivity index (χ0n) is 18.8. The molecule has 2 atom stereocenters. The van der Waals surface area contributed by atoms with Crippen LogP contribution in [0, 0.1) is 11.8 Å². The van der Waals surface area contributed by atoms with E-state index in [2.05, 4.69) is 38.8 Å². The highest BCUT2D eigenvalue weighted by molar-refractivity contribution is 6.33. The summed E-state index contributed by atoms with van der Waals surface area (Å²) in [5.74, 6) is 1.60. The van der Waals surface area contributed by atoms with Gasteiger partial charge >= 0.3 is 6.18 Å². The highest BCUT2D eigenvalue weighted by atomic mass is 35.5. The summed E-state index contributed by atoms with van der Waals surface area (Å²) in [4.78, 5) is 13.5. The SMILES string of the molecule is CC(C)N1CC2CN(c3nnc(-c4ccc(C(F)(F)F)cc4)c(-c4ccncc4Cl)n3)CC2C1. The molecule has 1 aromatic carbocycles. The molecule has 2 aliphatic heterocycles. The Morgan fingerprint density at radius 3 is 2.21 bits per heavy atom. The second-order valence-corrected chi connectivity index (χ2v) is 9.62. The van der Waals surface area contributed by atoms with Crippen LogP contribution in [0.15, 0.2) is 42.7 Å². The van der Waals surface area contributed by atoms with Crippen LogP contribution in [0.1, 0.15) is 19.4 Å². The molecule has 2 aliphatic rings. The highest BCUT2D eigenvalue weighted by Crippen LogP contribution is 2.38. The first-order valence-electron chi connectivity index (χ1n) is 11.2. The van der Waals surface area contributed by atoms with Crippen molar-refractivity contribution in [3.8, 4) is 22.5 Å². The molecule has 0 aliphatic carbocycles. The Morgan fingerprint density at radius 1 is 0.941 bits per heavy atom. The number of halogens is 4. The summed E-state index contributed by atoms with van der Waals surface area (Å²) in [6.07, 6.45) is -1.31. The Balaban J connectivity index is 1.50. The first-order chi connectivity index (χ1) is 16.2. The molecule has 2 unspecified atom stereocenters. The molecule has 3 aromatic rings. The quantitative estimate of drug-likeness (QED) is 0.512. The van der Waals surface area contributed by atoms with E-state index in [9.17, 15) is 13.2 Å². The zero-order chi connectivity index (χ0) is 24.0. The van der Waals surface area contributed by atoms with E-state index < -0.39 is 11.7 Å². The highest BCUT2D eigenvalue weighted by Gasteiger charge is 2.41. The van der Waals surface area contributed by atoms with Crippen LogP contribution in [0.5, 0.6) is 0 Å². The molecule has 5 rings (SSSR count). The smallest absolute Gasteiger partial charge is 0.339 e. The van der Waals surface area contributed by atoms with Gasteiger partial charge in [-0.2, -0.15) is 13.2 Å². The minimum atomic E-state index is -4.41. The first-order valence-corrected chi connectivity index (χ1v) is 11.6. The van der Waals surface area contributed by atoms with Crippen LogP contribution in [0.2, 0.25) is 5.02 Å². The van der Waals surface area contributed by atoms with Crippen LogP contribution < -0.4 is 4.90 Å². The number of alkyl halides is 3. The van der Waals surface area contributed by atoms with Gasteiger partial charge in [-0.3, -0.25) is 4.98 Å². The average Bonchev–Trinajstić information content (AvgIpc) is 3.38. The van der Waals surface area contributed by atoms with Gasteiger partial charge < -0.3 is 9.80 Å². The number of fused-ring (bicyclic) bond motifs is 1. The van der Waals surface area contributed by atoms with E-state index in [1.54, 1.807) is 12.3 Å². The maximum absolute atomic E-state index is 13.0. The summed E-state index contributed by atoms with van der Waals surface area (Å²) < 4.78 is 39.1. The second-order valence-electron chi connectivity index (χ2n) is 9.21. The summed E-state index contributed by atoms with van der Waals surface area (Å²) in [6.45, 7) is 8.24. The van der Waals surface area contributed by atoms with E-state index in [0.717, 1.165) is 38.3 Å². The molecule has 0 spiro atoms. The Bertz CT molecular complexity index is 1170. The van der Waals surface area contributed by atoms with Crippen molar-refractivity contribution < 1.29 is 13.2 Å². The van der Waals surface area contributed by atoms with Gasteiger partial charge in [0.05, 0.1) is 10.6 Å². The van der Waals surface area contributed by atoms with Crippen LogP contribution >= 0.6 is 11.6 Å². The summed E-state index contributed by atoms with van der Waals surface area (Å²) in [6, 6.07) is 7.08. The number of rotatable bonds is 4. The maximum atomic E-state index is 13.0.